The molecule has 0 unspecified atom stereocenters. The average Bonchev–Trinajstić information content (AvgIpc) is 2.47. The molecule has 0 aromatic carbocycles. The van der Waals surface area contributed by atoms with Gasteiger partial charge in [-0.3, -0.25) is 14.7 Å². The maximum Gasteiger partial charge on any atom is 0.188 e. The molecule has 0 amide bonds. The lowest BCUT2D eigenvalue weighted by molar-refractivity contribution is 0.104. The van der Waals surface area contributed by atoms with Crippen molar-refractivity contribution in [1.29, 1.82) is 0 Å². The summed E-state index contributed by atoms with van der Waals surface area (Å²) in [5.74, 6) is 0.0177. The predicted molar refractivity (Wildman–Crippen MR) is 76.0 cm³/mol. The molecule has 1 aliphatic heterocycles. The van der Waals surface area contributed by atoms with E-state index < -0.39 is 0 Å². The Labute approximate surface area is 114 Å². The minimum absolute atomic E-state index is 0.0177. The van der Waals surface area contributed by atoms with E-state index in [0.717, 1.165) is 26.2 Å². The number of rotatable bonds is 5. The number of carbonyl (C=O) groups is 1. The molecule has 2 heterocycles. The van der Waals surface area contributed by atoms with Crippen molar-refractivity contribution >= 4 is 5.78 Å². The zero-order chi connectivity index (χ0) is 13.5. The smallest absolute Gasteiger partial charge is 0.188 e. The van der Waals surface area contributed by atoms with E-state index in [2.05, 4.69) is 21.7 Å². The van der Waals surface area contributed by atoms with Crippen LogP contribution < -0.4 is 0 Å². The summed E-state index contributed by atoms with van der Waals surface area (Å²) in [4.78, 5) is 20.5. The number of allylic oxidation sites excluding steroid dienone is 1. The molecule has 0 bridgehead atoms. The molecule has 4 heteroatoms. The summed E-state index contributed by atoms with van der Waals surface area (Å²) < 4.78 is 0. The highest BCUT2D eigenvalue weighted by molar-refractivity contribution is 6.04. The lowest BCUT2D eigenvalue weighted by atomic mass is 10.2. The SMILES string of the molecule is CCCN1CCN(C=CC(=O)c2cccnc2)CC1. The highest BCUT2D eigenvalue weighted by atomic mass is 16.1. The van der Waals surface area contributed by atoms with E-state index in [1.807, 2.05) is 6.20 Å². The van der Waals surface area contributed by atoms with Crippen LogP contribution in [0.3, 0.4) is 0 Å². The number of hydrogen-bond donors (Lipinski definition) is 0. The average molecular weight is 259 g/mol. The van der Waals surface area contributed by atoms with Crippen molar-refractivity contribution < 1.29 is 4.79 Å². The quantitative estimate of drug-likeness (QED) is 0.597. The summed E-state index contributed by atoms with van der Waals surface area (Å²) in [6, 6.07) is 3.57. The number of aromatic nitrogens is 1. The van der Waals surface area contributed by atoms with Crippen LogP contribution in [0.4, 0.5) is 0 Å². The monoisotopic (exact) mass is 259 g/mol. The second kappa shape index (κ2) is 7.04. The Morgan fingerprint density at radius 1 is 1.37 bits per heavy atom. The topological polar surface area (TPSA) is 36.4 Å². The number of hydrogen-bond acceptors (Lipinski definition) is 4. The summed E-state index contributed by atoms with van der Waals surface area (Å²) in [6.45, 7) is 7.54. The molecule has 0 saturated carbocycles. The van der Waals surface area contributed by atoms with E-state index >= 15 is 0 Å². The lowest BCUT2D eigenvalue weighted by Crippen LogP contribution is -2.44. The van der Waals surface area contributed by atoms with Crippen LogP contribution in [0.1, 0.15) is 23.7 Å². The molecule has 19 heavy (non-hydrogen) atoms. The van der Waals surface area contributed by atoms with Crippen LogP contribution in [0.2, 0.25) is 0 Å². The molecule has 0 atom stereocenters. The van der Waals surface area contributed by atoms with Gasteiger partial charge < -0.3 is 4.90 Å². The lowest BCUT2D eigenvalue weighted by Gasteiger charge is -2.33. The summed E-state index contributed by atoms with van der Waals surface area (Å²) >= 11 is 0. The van der Waals surface area contributed by atoms with Gasteiger partial charge in [-0.05, 0) is 25.1 Å². The van der Waals surface area contributed by atoms with E-state index in [1.165, 1.54) is 13.0 Å². The molecule has 2 rings (SSSR count). The number of pyridine rings is 1. The first-order valence-corrected chi connectivity index (χ1v) is 6.88. The molecular formula is C15H21N3O. The highest BCUT2D eigenvalue weighted by Gasteiger charge is 2.13. The van der Waals surface area contributed by atoms with Crippen LogP contribution in [0.25, 0.3) is 0 Å². The third kappa shape index (κ3) is 4.17. The third-order valence-corrected chi connectivity index (χ3v) is 3.33. The Hall–Kier alpha value is -1.68. The first kappa shape index (κ1) is 13.7. The fourth-order valence-corrected chi connectivity index (χ4v) is 2.23. The van der Waals surface area contributed by atoms with Crippen LogP contribution in [0.5, 0.6) is 0 Å². The van der Waals surface area contributed by atoms with Crippen LogP contribution in [0.15, 0.2) is 36.8 Å². The predicted octanol–water partition coefficient (Wildman–Crippen LogP) is 1.81. The molecule has 0 radical (unpaired) electrons. The summed E-state index contributed by atoms with van der Waals surface area (Å²) in [5, 5.41) is 0. The van der Waals surface area contributed by atoms with E-state index in [9.17, 15) is 4.79 Å². The van der Waals surface area contributed by atoms with Gasteiger partial charge >= 0.3 is 0 Å². The van der Waals surface area contributed by atoms with Crippen molar-refractivity contribution in [2.45, 2.75) is 13.3 Å². The van der Waals surface area contributed by atoms with Crippen molar-refractivity contribution in [3.63, 3.8) is 0 Å². The minimum atomic E-state index is 0.0177. The van der Waals surface area contributed by atoms with E-state index in [4.69, 9.17) is 0 Å². The van der Waals surface area contributed by atoms with Gasteiger partial charge in [-0.25, -0.2) is 0 Å². The molecule has 1 aromatic rings. The number of ketones is 1. The van der Waals surface area contributed by atoms with Gasteiger partial charge in [0.1, 0.15) is 0 Å². The molecule has 0 aliphatic carbocycles. The normalized spacial score (nSPS) is 17.0. The fourth-order valence-electron chi connectivity index (χ4n) is 2.23. The standard InChI is InChI=1S/C15H21N3O/c1-2-7-17-9-11-18(12-10-17)8-5-15(19)14-4-3-6-16-13-14/h3-6,8,13H,2,7,9-12H2,1H3. The Morgan fingerprint density at radius 2 is 2.16 bits per heavy atom. The Morgan fingerprint density at radius 3 is 2.79 bits per heavy atom. The molecule has 1 saturated heterocycles. The van der Waals surface area contributed by atoms with Gasteiger partial charge in [-0.2, -0.15) is 0 Å². The first-order chi connectivity index (χ1) is 9.29. The number of nitrogens with zero attached hydrogens (tertiary/aromatic N) is 3. The van der Waals surface area contributed by atoms with Crippen LogP contribution >= 0.6 is 0 Å². The molecule has 1 fully saturated rings. The van der Waals surface area contributed by atoms with E-state index in [1.54, 1.807) is 30.6 Å². The van der Waals surface area contributed by atoms with Gasteiger partial charge in [0, 0.05) is 56.4 Å². The zero-order valence-electron chi connectivity index (χ0n) is 11.5. The molecular weight excluding hydrogens is 238 g/mol. The minimum Gasteiger partial charge on any atom is -0.375 e. The number of piperazine rings is 1. The van der Waals surface area contributed by atoms with E-state index in [-0.39, 0.29) is 5.78 Å². The zero-order valence-corrected chi connectivity index (χ0v) is 11.5. The third-order valence-electron chi connectivity index (χ3n) is 3.33. The second-order valence-electron chi connectivity index (χ2n) is 4.80. The van der Waals surface area contributed by atoms with Gasteiger partial charge in [0.15, 0.2) is 5.78 Å². The first-order valence-electron chi connectivity index (χ1n) is 6.88. The largest absolute Gasteiger partial charge is 0.375 e. The molecule has 0 N–H and O–H groups in total. The highest BCUT2D eigenvalue weighted by Crippen LogP contribution is 2.04. The van der Waals surface area contributed by atoms with Gasteiger partial charge in [0.05, 0.1) is 0 Å². The van der Waals surface area contributed by atoms with Crippen molar-refractivity contribution in [2.75, 3.05) is 32.7 Å². The maximum atomic E-state index is 11.9. The van der Waals surface area contributed by atoms with Crippen LogP contribution in [-0.2, 0) is 0 Å². The van der Waals surface area contributed by atoms with Crippen LogP contribution in [0, 0.1) is 0 Å². The van der Waals surface area contributed by atoms with Crippen molar-refractivity contribution in [3.8, 4) is 0 Å². The van der Waals surface area contributed by atoms with Crippen molar-refractivity contribution in [1.82, 2.24) is 14.8 Å². The van der Waals surface area contributed by atoms with Crippen molar-refractivity contribution in [3.05, 3.63) is 42.4 Å². The maximum absolute atomic E-state index is 11.9. The number of carbonyl (C=O) groups excluding carboxylic acids is 1. The van der Waals surface area contributed by atoms with Gasteiger partial charge in [-0.15, -0.1) is 0 Å². The summed E-state index contributed by atoms with van der Waals surface area (Å²) in [7, 11) is 0. The van der Waals surface area contributed by atoms with Gasteiger partial charge in [0.25, 0.3) is 0 Å². The van der Waals surface area contributed by atoms with Gasteiger partial charge in [0.2, 0.25) is 0 Å². The molecule has 102 valence electrons. The molecule has 0 spiro atoms. The van der Waals surface area contributed by atoms with E-state index in [0.29, 0.717) is 5.56 Å². The molecule has 1 aliphatic rings. The van der Waals surface area contributed by atoms with Gasteiger partial charge in [-0.1, -0.05) is 6.92 Å². The Kier molecular flexibility index (Phi) is 5.10. The Bertz CT molecular complexity index is 422. The van der Waals surface area contributed by atoms with Crippen LogP contribution in [-0.4, -0.2) is 53.3 Å². The summed E-state index contributed by atoms with van der Waals surface area (Å²) in [5.41, 5.74) is 0.642. The fraction of sp³-hybridized carbons (Fsp3) is 0.467. The molecule has 4 nitrogen and oxygen atoms in total. The Balaban J connectivity index is 1.82. The van der Waals surface area contributed by atoms with Crippen molar-refractivity contribution in [2.24, 2.45) is 0 Å². The molecule has 1 aromatic heterocycles. The summed E-state index contributed by atoms with van der Waals surface area (Å²) in [6.07, 6.45) is 8.04. The second-order valence-corrected chi connectivity index (χ2v) is 4.80.